The molecule has 0 fully saturated rings. The predicted molar refractivity (Wildman–Crippen MR) is 230 cm³/mol. The van der Waals surface area contributed by atoms with E-state index in [9.17, 15) is 14.2 Å². The zero-order chi connectivity index (χ0) is 40.3. The third-order valence-corrected chi connectivity index (χ3v) is 10.7. The summed E-state index contributed by atoms with van der Waals surface area (Å²) in [5.74, 6) is -0.881. The van der Waals surface area contributed by atoms with Crippen LogP contribution in [0.2, 0.25) is 0 Å². The van der Waals surface area contributed by atoms with E-state index in [2.05, 4.69) is 42.7 Å². The summed E-state index contributed by atoms with van der Waals surface area (Å²) in [6, 6.07) is 0. The molecule has 0 radical (unpaired) electrons. The van der Waals surface area contributed by atoms with Gasteiger partial charge in [0.15, 0.2) is 6.10 Å². The van der Waals surface area contributed by atoms with E-state index in [1.54, 1.807) is 0 Å². The molecule has 0 aromatic heterocycles. The van der Waals surface area contributed by atoms with Crippen molar-refractivity contribution in [3.63, 3.8) is 0 Å². The van der Waals surface area contributed by atoms with Crippen LogP contribution in [0.4, 0.5) is 0 Å². The summed E-state index contributed by atoms with van der Waals surface area (Å²) >= 11 is 0. The van der Waals surface area contributed by atoms with E-state index in [4.69, 9.17) is 19.3 Å². The van der Waals surface area contributed by atoms with Gasteiger partial charge in [-0.05, 0) is 44.9 Å². The van der Waals surface area contributed by atoms with Crippen LogP contribution in [-0.4, -0.2) is 41.0 Å². The first-order valence-corrected chi connectivity index (χ1v) is 24.7. The molecule has 0 aromatic carbocycles. The zero-order valence-corrected chi connectivity index (χ0v) is 36.7. The summed E-state index contributed by atoms with van der Waals surface area (Å²) in [6.07, 6.45) is 49.0. The molecule has 0 saturated carbocycles. The van der Waals surface area contributed by atoms with Gasteiger partial charge in [0.25, 0.3) is 0 Å². The average molecular weight is 799 g/mol. The van der Waals surface area contributed by atoms with Crippen molar-refractivity contribution in [2.75, 3.05) is 13.2 Å². The Kier molecular flexibility index (Phi) is 41.0. The number of carbonyl (C=O) groups excluding carboxylic acids is 2. The number of hydrogen-bond acceptors (Lipinski definition) is 6. The summed E-state index contributed by atoms with van der Waals surface area (Å²) in [4.78, 5) is 43.0. The molecular formula is C46H87O8P. The Morgan fingerprint density at radius 3 is 1.22 bits per heavy atom. The van der Waals surface area contributed by atoms with Gasteiger partial charge in [-0.2, -0.15) is 0 Å². The van der Waals surface area contributed by atoms with E-state index in [0.29, 0.717) is 6.42 Å². The normalized spacial score (nSPS) is 12.6. The van der Waals surface area contributed by atoms with E-state index < -0.39 is 32.5 Å². The van der Waals surface area contributed by atoms with Gasteiger partial charge in [-0.25, -0.2) is 4.57 Å². The minimum absolute atomic E-state index is 0.206. The van der Waals surface area contributed by atoms with Crippen molar-refractivity contribution in [2.45, 2.75) is 245 Å². The largest absolute Gasteiger partial charge is 0.469 e. The Bertz CT molecular complexity index is 946. The number of esters is 2. The topological polar surface area (TPSA) is 119 Å². The van der Waals surface area contributed by atoms with E-state index in [1.165, 1.54) is 154 Å². The summed E-state index contributed by atoms with van der Waals surface area (Å²) in [5.41, 5.74) is 0. The lowest BCUT2D eigenvalue weighted by Crippen LogP contribution is -2.29. The van der Waals surface area contributed by atoms with Crippen LogP contribution >= 0.6 is 7.82 Å². The fourth-order valence-electron chi connectivity index (χ4n) is 6.76. The molecule has 0 bridgehead atoms. The van der Waals surface area contributed by atoms with Gasteiger partial charge in [-0.15, -0.1) is 0 Å². The lowest BCUT2D eigenvalue weighted by atomic mass is 10.0. The number of rotatable bonds is 43. The van der Waals surface area contributed by atoms with Gasteiger partial charge in [0, 0.05) is 12.8 Å². The molecule has 0 aromatic rings. The number of allylic oxidation sites excluding steroid dienone is 4. The molecular weight excluding hydrogens is 711 g/mol. The molecule has 0 aliphatic rings. The minimum atomic E-state index is -4.76. The average Bonchev–Trinajstić information content (AvgIpc) is 3.16. The first kappa shape index (κ1) is 53.5. The van der Waals surface area contributed by atoms with Gasteiger partial charge in [0.05, 0.1) is 6.61 Å². The number of carbonyl (C=O) groups is 2. The first-order chi connectivity index (χ1) is 26.8. The van der Waals surface area contributed by atoms with Crippen molar-refractivity contribution in [2.24, 2.45) is 0 Å². The van der Waals surface area contributed by atoms with Crippen molar-refractivity contribution in [3.8, 4) is 0 Å². The van der Waals surface area contributed by atoms with E-state index in [1.807, 2.05) is 0 Å². The first-order valence-electron chi connectivity index (χ1n) is 23.1. The lowest BCUT2D eigenvalue weighted by molar-refractivity contribution is -0.161. The SMILES string of the molecule is CCCCCC/C=C\C/C=C\CCCCCCCCCC(=O)OC(COC(=O)CCCCCCCCCCCCCCCCCCCCC)COP(=O)(O)O. The van der Waals surface area contributed by atoms with Crippen molar-refractivity contribution in [1.82, 2.24) is 0 Å². The molecule has 324 valence electrons. The number of hydrogen-bond donors (Lipinski definition) is 2. The van der Waals surface area contributed by atoms with Crippen molar-refractivity contribution in [3.05, 3.63) is 24.3 Å². The van der Waals surface area contributed by atoms with Crippen LogP contribution in [0.5, 0.6) is 0 Å². The minimum Gasteiger partial charge on any atom is -0.462 e. The highest BCUT2D eigenvalue weighted by Crippen LogP contribution is 2.36. The second-order valence-corrected chi connectivity index (χ2v) is 17.0. The summed E-state index contributed by atoms with van der Waals surface area (Å²) in [6.45, 7) is 3.70. The standard InChI is InChI=1S/C46H87O8P/c1-3-5-7-9-11-13-15-17-19-21-23-25-26-28-30-32-34-36-38-40-45(47)52-42-44(43-53-55(49,50)51)54-46(48)41-39-37-35-33-31-29-27-24-22-20-18-16-14-12-10-8-6-4-2/h14,16,20,22,44H,3-13,15,17-19,21,23-43H2,1-2H3,(H2,49,50,51)/b16-14-,22-20-. The maximum absolute atomic E-state index is 12.4. The fourth-order valence-corrected chi connectivity index (χ4v) is 7.12. The Morgan fingerprint density at radius 2 is 0.818 bits per heavy atom. The number of ether oxygens (including phenoxy) is 2. The van der Waals surface area contributed by atoms with Gasteiger partial charge in [-0.1, -0.05) is 205 Å². The lowest BCUT2D eigenvalue weighted by Gasteiger charge is -2.18. The number of phosphoric acid groups is 1. The van der Waals surface area contributed by atoms with Crippen LogP contribution in [-0.2, 0) is 28.2 Å². The molecule has 0 spiro atoms. The van der Waals surface area contributed by atoms with E-state index in [0.717, 1.165) is 51.4 Å². The molecule has 1 unspecified atom stereocenters. The molecule has 0 amide bonds. The number of unbranched alkanes of at least 4 members (excludes halogenated alkanes) is 29. The Labute approximate surface area is 339 Å². The predicted octanol–water partition coefficient (Wildman–Crippen LogP) is 14.4. The Hall–Kier alpha value is -1.47. The molecule has 0 aliphatic heterocycles. The smallest absolute Gasteiger partial charge is 0.462 e. The maximum atomic E-state index is 12.4. The molecule has 0 heterocycles. The number of phosphoric ester groups is 1. The highest BCUT2D eigenvalue weighted by molar-refractivity contribution is 7.46. The van der Waals surface area contributed by atoms with Crippen LogP contribution in [0.3, 0.4) is 0 Å². The van der Waals surface area contributed by atoms with E-state index in [-0.39, 0.29) is 19.4 Å². The summed E-state index contributed by atoms with van der Waals surface area (Å²) < 4.78 is 26.5. The quantitative estimate of drug-likeness (QED) is 0.0271. The molecule has 8 nitrogen and oxygen atoms in total. The molecule has 2 N–H and O–H groups in total. The van der Waals surface area contributed by atoms with Gasteiger partial charge < -0.3 is 19.3 Å². The van der Waals surface area contributed by atoms with Crippen molar-refractivity contribution in [1.29, 1.82) is 0 Å². The highest BCUT2D eigenvalue weighted by atomic mass is 31.2. The Balaban J connectivity index is 3.85. The Morgan fingerprint density at radius 1 is 0.473 bits per heavy atom. The molecule has 0 rings (SSSR count). The second-order valence-electron chi connectivity index (χ2n) is 15.7. The third kappa shape index (κ3) is 45.1. The fraction of sp³-hybridized carbons (Fsp3) is 0.870. The molecule has 55 heavy (non-hydrogen) atoms. The van der Waals surface area contributed by atoms with Gasteiger partial charge in [-0.3, -0.25) is 14.1 Å². The second kappa shape index (κ2) is 42.1. The van der Waals surface area contributed by atoms with Gasteiger partial charge in [0.1, 0.15) is 6.61 Å². The molecule has 0 saturated heterocycles. The van der Waals surface area contributed by atoms with Crippen LogP contribution in [0, 0.1) is 0 Å². The van der Waals surface area contributed by atoms with Gasteiger partial charge >= 0.3 is 19.8 Å². The molecule has 9 heteroatoms. The van der Waals surface area contributed by atoms with Crippen LogP contribution in [0.1, 0.15) is 239 Å². The van der Waals surface area contributed by atoms with E-state index >= 15 is 0 Å². The van der Waals surface area contributed by atoms with Crippen LogP contribution < -0.4 is 0 Å². The monoisotopic (exact) mass is 799 g/mol. The molecule has 0 aliphatic carbocycles. The molecule has 1 atom stereocenters. The zero-order valence-electron chi connectivity index (χ0n) is 35.8. The highest BCUT2D eigenvalue weighted by Gasteiger charge is 2.23. The maximum Gasteiger partial charge on any atom is 0.469 e. The van der Waals surface area contributed by atoms with Gasteiger partial charge in [0.2, 0.25) is 0 Å². The summed E-state index contributed by atoms with van der Waals surface area (Å²) in [5, 5.41) is 0. The third-order valence-electron chi connectivity index (χ3n) is 10.2. The van der Waals surface area contributed by atoms with Crippen molar-refractivity contribution >= 4 is 19.8 Å². The summed E-state index contributed by atoms with van der Waals surface area (Å²) in [7, 11) is -4.76. The van der Waals surface area contributed by atoms with Crippen LogP contribution in [0.25, 0.3) is 0 Å². The van der Waals surface area contributed by atoms with Crippen molar-refractivity contribution < 1.29 is 37.9 Å². The van der Waals surface area contributed by atoms with Crippen LogP contribution in [0.15, 0.2) is 24.3 Å².